The van der Waals surface area contributed by atoms with Gasteiger partial charge in [-0.15, -0.1) is 0 Å². The number of hydrogen-bond acceptors (Lipinski definition) is 3. The van der Waals surface area contributed by atoms with Gasteiger partial charge in [0.2, 0.25) is 0 Å². The molecule has 3 atom stereocenters. The van der Waals surface area contributed by atoms with Crippen molar-refractivity contribution in [2.45, 2.75) is 44.2 Å². The summed E-state index contributed by atoms with van der Waals surface area (Å²) in [6, 6.07) is 3.34. The summed E-state index contributed by atoms with van der Waals surface area (Å²) in [6.45, 7) is 3.55. The second-order valence-electron chi connectivity index (χ2n) is 7.33. The van der Waals surface area contributed by atoms with Crippen LogP contribution in [0.2, 0.25) is 0 Å². The monoisotopic (exact) mass is 305 g/mol. The molecule has 0 bridgehead atoms. The first-order valence-corrected chi connectivity index (χ1v) is 8.79. The molecule has 3 heteroatoms. The van der Waals surface area contributed by atoms with E-state index in [0.717, 1.165) is 6.42 Å². The highest BCUT2D eigenvalue weighted by atomic mass is 15.3. The van der Waals surface area contributed by atoms with Gasteiger partial charge in [0.05, 0.1) is 12.1 Å². The minimum atomic E-state index is 0.412. The topological polar surface area (TPSA) is 19.4 Å². The zero-order chi connectivity index (χ0) is 15.6. The van der Waals surface area contributed by atoms with E-state index < -0.39 is 0 Å². The van der Waals surface area contributed by atoms with Gasteiger partial charge in [0.15, 0.2) is 0 Å². The number of hydrogen-bond donors (Lipinski definition) is 0. The fourth-order valence-electron chi connectivity index (χ4n) is 5.14. The lowest BCUT2D eigenvalue weighted by Gasteiger charge is -2.38. The summed E-state index contributed by atoms with van der Waals surface area (Å²) in [4.78, 5) is 9.64. The molecule has 1 fully saturated rings. The van der Waals surface area contributed by atoms with Crippen LogP contribution in [0, 0.1) is 0 Å². The Morgan fingerprint density at radius 2 is 2.22 bits per heavy atom. The minimum absolute atomic E-state index is 0.412. The molecule has 5 heterocycles. The van der Waals surface area contributed by atoms with Gasteiger partial charge >= 0.3 is 0 Å². The highest BCUT2D eigenvalue weighted by molar-refractivity contribution is 5.50. The summed E-state index contributed by atoms with van der Waals surface area (Å²) >= 11 is 0. The number of aromatic nitrogens is 1. The Bertz CT molecular complexity index is 758. The Kier molecular flexibility index (Phi) is 2.84. The van der Waals surface area contributed by atoms with Crippen LogP contribution >= 0.6 is 0 Å². The first-order valence-electron chi connectivity index (χ1n) is 8.79. The summed E-state index contributed by atoms with van der Waals surface area (Å²) in [5.74, 6) is 0.412. The van der Waals surface area contributed by atoms with Crippen LogP contribution in [0.1, 0.15) is 36.8 Å². The van der Waals surface area contributed by atoms with Crippen LogP contribution in [-0.2, 0) is 6.42 Å². The van der Waals surface area contributed by atoms with Crippen molar-refractivity contribution in [3.63, 3.8) is 0 Å². The Balaban J connectivity index is 1.71. The number of allylic oxidation sites excluding steroid dienone is 4. The van der Waals surface area contributed by atoms with Crippen molar-refractivity contribution in [1.82, 2.24) is 14.8 Å². The largest absolute Gasteiger partial charge is 0.339 e. The maximum Gasteiger partial charge on any atom is 0.0574 e. The highest BCUT2D eigenvalue weighted by Crippen LogP contribution is 2.48. The van der Waals surface area contributed by atoms with Gasteiger partial charge in [-0.2, -0.15) is 0 Å². The average molecular weight is 305 g/mol. The van der Waals surface area contributed by atoms with Gasteiger partial charge in [-0.1, -0.05) is 13.0 Å². The molecule has 4 aliphatic heterocycles. The predicted octanol–water partition coefficient (Wildman–Crippen LogP) is 3.23. The van der Waals surface area contributed by atoms with Crippen molar-refractivity contribution >= 4 is 0 Å². The lowest BCUT2D eigenvalue weighted by Crippen LogP contribution is -2.48. The number of rotatable bonds is 0. The molecular weight excluding hydrogens is 282 g/mol. The maximum absolute atomic E-state index is 4.40. The molecule has 5 rings (SSSR count). The maximum atomic E-state index is 4.40. The van der Waals surface area contributed by atoms with Crippen LogP contribution in [0.5, 0.6) is 0 Å². The average Bonchev–Trinajstić information content (AvgIpc) is 2.83. The number of fused-ring (bicyclic) bond motifs is 3. The van der Waals surface area contributed by atoms with Gasteiger partial charge in [0.1, 0.15) is 0 Å². The van der Waals surface area contributed by atoms with E-state index >= 15 is 0 Å². The standard InChI is InChI=1S/C20H23N3/c1-13-16-12-21-9-8-14(16)11-19-20-15(5-4-10-22(20)2)18-7-3-6-17(13)23(18)19/h3,6-9,12-13,19-20H,4-5,10-11H2,1-2H3/t13-,19+,20?/m1/s1. The third-order valence-corrected chi connectivity index (χ3v) is 6.16. The number of likely N-dealkylation sites (tertiary alicyclic amines) is 1. The third kappa shape index (κ3) is 1.77. The van der Waals surface area contributed by atoms with E-state index in [1.807, 2.05) is 6.20 Å². The lowest BCUT2D eigenvalue weighted by atomic mass is 9.88. The van der Waals surface area contributed by atoms with Crippen molar-refractivity contribution < 1.29 is 0 Å². The van der Waals surface area contributed by atoms with Crippen LogP contribution in [0.15, 0.2) is 53.7 Å². The summed E-state index contributed by atoms with van der Waals surface area (Å²) in [5.41, 5.74) is 7.48. The van der Waals surface area contributed by atoms with Crippen LogP contribution < -0.4 is 0 Å². The van der Waals surface area contributed by atoms with Gasteiger partial charge < -0.3 is 4.90 Å². The molecule has 4 aliphatic rings. The Morgan fingerprint density at radius 1 is 1.30 bits per heavy atom. The number of piperidine rings is 1. The van der Waals surface area contributed by atoms with E-state index in [1.165, 1.54) is 41.9 Å². The van der Waals surface area contributed by atoms with Crippen LogP contribution in [-0.4, -0.2) is 40.5 Å². The van der Waals surface area contributed by atoms with Crippen molar-refractivity contribution in [1.29, 1.82) is 0 Å². The highest BCUT2D eigenvalue weighted by Gasteiger charge is 2.47. The number of nitrogens with zero attached hydrogens (tertiary/aromatic N) is 3. The molecule has 3 nitrogen and oxygen atoms in total. The van der Waals surface area contributed by atoms with E-state index in [2.05, 4.69) is 59.2 Å². The van der Waals surface area contributed by atoms with Gasteiger partial charge in [0.25, 0.3) is 0 Å². The van der Waals surface area contributed by atoms with Gasteiger partial charge in [-0.25, -0.2) is 0 Å². The van der Waals surface area contributed by atoms with E-state index in [9.17, 15) is 0 Å². The Morgan fingerprint density at radius 3 is 3.13 bits per heavy atom. The molecule has 0 radical (unpaired) electrons. The molecule has 0 spiro atoms. The Hall–Kier alpha value is -1.87. The molecule has 1 saturated heterocycles. The van der Waals surface area contributed by atoms with Crippen molar-refractivity contribution in [2.75, 3.05) is 13.6 Å². The molecule has 1 unspecified atom stereocenters. The van der Waals surface area contributed by atoms with Crippen LogP contribution in [0.3, 0.4) is 0 Å². The number of pyridine rings is 1. The number of likely N-dealkylation sites (N-methyl/N-ethyl adjacent to an activating group) is 1. The third-order valence-electron chi connectivity index (χ3n) is 6.16. The first kappa shape index (κ1) is 13.6. The molecule has 0 aliphatic carbocycles. The predicted molar refractivity (Wildman–Crippen MR) is 91.9 cm³/mol. The van der Waals surface area contributed by atoms with Crippen LogP contribution in [0.4, 0.5) is 0 Å². The SMILES string of the molecule is C[C@H]1C2=CC=CC3=C4CCCN(C)C4[C@H](Cc4ccncc41)N23. The van der Waals surface area contributed by atoms with Crippen molar-refractivity contribution in [3.8, 4) is 0 Å². The second-order valence-corrected chi connectivity index (χ2v) is 7.33. The molecule has 118 valence electrons. The molecule has 0 aromatic carbocycles. The lowest BCUT2D eigenvalue weighted by molar-refractivity contribution is 0.171. The fraction of sp³-hybridized carbons (Fsp3) is 0.450. The Labute approximate surface area is 138 Å². The summed E-state index contributed by atoms with van der Waals surface area (Å²) in [7, 11) is 2.30. The molecule has 0 amide bonds. The molecule has 1 aromatic heterocycles. The van der Waals surface area contributed by atoms with E-state index in [-0.39, 0.29) is 0 Å². The van der Waals surface area contributed by atoms with Gasteiger partial charge in [-0.3, -0.25) is 9.88 Å². The van der Waals surface area contributed by atoms with Crippen molar-refractivity contribution in [3.05, 3.63) is 64.8 Å². The molecule has 0 N–H and O–H groups in total. The second kappa shape index (κ2) is 4.81. The zero-order valence-corrected chi connectivity index (χ0v) is 13.9. The van der Waals surface area contributed by atoms with E-state index in [1.54, 1.807) is 5.57 Å². The van der Waals surface area contributed by atoms with Gasteiger partial charge in [-0.05, 0) is 67.8 Å². The van der Waals surface area contributed by atoms with Crippen LogP contribution in [0.25, 0.3) is 0 Å². The molecule has 1 aromatic rings. The normalized spacial score (nSPS) is 32.2. The zero-order valence-electron chi connectivity index (χ0n) is 13.9. The fourth-order valence-corrected chi connectivity index (χ4v) is 5.14. The van der Waals surface area contributed by atoms with E-state index in [4.69, 9.17) is 0 Å². The summed E-state index contributed by atoms with van der Waals surface area (Å²) < 4.78 is 0. The summed E-state index contributed by atoms with van der Waals surface area (Å²) in [5, 5.41) is 0. The van der Waals surface area contributed by atoms with Crippen molar-refractivity contribution in [2.24, 2.45) is 0 Å². The molecule has 23 heavy (non-hydrogen) atoms. The first-order chi connectivity index (χ1) is 11.3. The smallest absolute Gasteiger partial charge is 0.0574 e. The molecule has 0 saturated carbocycles. The van der Waals surface area contributed by atoms with Gasteiger partial charge in [0, 0.05) is 29.7 Å². The van der Waals surface area contributed by atoms with E-state index in [0.29, 0.717) is 18.0 Å². The summed E-state index contributed by atoms with van der Waals surface area (Å²) in [6.07, 6.45) is 14.6. The molecular formula is C20H23N3. The minimum Gasteiger partial charge on any atom is -0.339 e. The quantitative estimate of drug-likeness (QED) is 0.733.